The molecule has 0 radical (unpaired) electrons. The minimum Gasteiger partial charge on any atom is -0.457 e. The summed E-state index contributed by atoms with van der Waals surface area (Å²) >= 11 is 0. The molecule has 0 saturated carbocycles. The summed E-state index contributed by atoms with van der Waals surface area (Å²) in [6.07, 6.45) is 0. The third-order valence-corrected chi connectivity index (χ3v) is 4.93. The van der Waals surface area contributed by atoms with Gasteiger partial charge in [-0.1, -0.05) is 36.4 Å². The quantitative estimate of drug-likeness (QED) is 0.453. The van der Waals surface area contributed by atoms with Gasteiger partial charge in [0.2, 0.25) is 0 Å². The maximum absolute atomic E-state index is 12.7. The van der Waals surface area contributed by atoms with Crippen molar-refractivity contribution in [3.05, 3.63) is 94.7 Å². The second kappa shape index (κ2) is 7.84. The Kier molecular flexibility index (Phi) is 5.09. The van der Waals surface area contributed by atoms with Crippen LogP contribution in [0.2, 0.25) is 0 Å². The standard InChI is InChI=1S/C25H23NO3/c1-16-13-17(2)23-22(14-16)18(3)24(29-23)25(27)26-15-19-9-11-21(12-10-19)28-20-7-5-4-6-8-20/h4-14H,15H2,1-3H3,(H,26,27). The van der Waals surface area contributed by atoms with Crippen molar-refractivity contribution in [2.75, 3.05) is 0 Å². The van der Waals surface area contributed by atoms with Crippen LogP contribution in [-0.2, 0) is 6.54 Å². The van der Waals surface area contributed by atoms with E-state index in [0.29, 0.717) is 12.3 Å². The first-order valence-electron chi connectivity index (χ1n) is 9.61. The first kappa shape index (κ1) is 18.8. The number of furan rings is 1. The molecular weight excluding hydrogens is 362 g/mol. The monoisotopic (exact) mass is 385 g/mol. The van der Waals surface area contributed by atoms with Gasteiger partial charge in [0.25, 0.3) is 5.91 Å². The van der Waals surface area contributed by atoms with Crippen LogP contribution in [0, 0.1) is 20.8 Å². The van der Waals surface area contributed by atoms with Gasteiger partial charge in [-0.2, -0.15) is 0 Å². The molecule has 4 aromatic rings. The van der Waals surface area contributed by atoms with Crippen LogP contribution in [0.3, 0.4) is 0 Å². The highest BCUT2D eigenvalue weighted by atomic mass is 16.5. The molecule has 29 heavy (non-hydrogen) atoms. The maximum atomic E-state index is 12.7. The highest BCUT2D eigenvalue weighted by Gasteiger charge is 2.18. The number of fused-ring (bicyclic) bond motifs is 1. The van der Waals surface area contributed by atoms with Crippen LogP contribution in [0.1, 0.15) is 32.8 Å². The van der Waals surface area contributed by atoms with E-state index in [2.05, 4.69) is 17.4 Å². The Labute approximate surface area is 170 Å². The van der Waals surface area contributed by atoms with E-state index in [-0.39, 0.29) is 5.91 Å². The highest BCUT2D eigenvalue weighted by molar-refractivity contribution is 5.99. The Morgan fingerprint density at radius 1 is 0.931 bits per heavy atom. The lowest BCUT2D eigenvalue weighted by molar-refractivity contribution is 0.0924. The summed E-state index contributed by atoms with van der Waals surface area (Å²) in [5.41, 5.74) is 4.83. The van der Waals surface area contributed by atoms with E-state index >= 15 is 0 Å². The SMILES string of the molecule is Cc1cc(C)c2oc(C(=O)NCc3ccc(Oc4ccccc4)cc3)c(C)c2c1. The lowest BCUT2D eigenvalue weighted by Gasteiger charge is -2.07. The molecule has 0 unspecified atom stereocenters. The lowest BCUT2D eigenvalue weighted by atomic mass is 10.1. The van der Waals surface area contributed by atoms with Gasteiger partial charge in [0.1, 0.15) is 17.1 Å². The van der Waals surface area contributed by atoms with Crippen LogP contribution in [0.4, 0.5) is 0 Å². The molecule has 0 aliphatic rings. The molecule has 0 aliphatic carbocycles. The second-order valence-electron chi connectivity index (χ2n) is 7.26. The first-order valence-corrected chi connectivity index (χ1v) is 9.61. The summed E-state index contributed by atoms with van der Waals surface area (Å²) in [7, 11) is 0. The molecular formula is C25H23NO3. The lowest BCUT2D eigenvalue weighted by Crippen LogP contribution is -2.22. The number of hydrogen-bond donors (Lipinski definition) is 1. The van der Waals surface area contributed by atoms with Gasteiger partial charge in [-0.05, 0) is 67.8 Å². The zero-order chi connectivity index (χ0) is 20.4. The Bertz CT molecular complexity index is 1160. The normalized spacial score (nSPS) is 10.9. The Morgan fingerprint density at radius 2 is 1.62 bits per heavy atom. The fourth-order valence-electron chi connectivity index (χ4n) is 3.45. The second-order valence-corrected chi connectivity index (χ2v) is 7.26. The molecule has 1 N–H and O–H groups in total. The van der Waals surface area contributed by atoms with E-state index in [9.17, 15) is 4.79 Å². The predicted octanol–water partition coefficient (Wildman–Crippen LogP) is 6.08. The number of benzene rings is 3. The van der Waals surface area contributed by atoms with E-state index in [4.69, 9.17) is 9.15 Å². The largest absolute Gasteiger partial charge is 0.457 e. The van der Waals surface area contributed by atoms with E-state index in [1.54, 1.807) is 0 Å². The fourth-order valence-corrected chi connectivity index (χ4v) is 3.45. The van der Waals surface area contributed by atoms with Gasteiger partial charge in [0.05, 0.1) is 0 Å². The number of ether oxygens (including phenoxy) is 1. The Morgan fingerprint density at radius 3 is 2.34 bits per heavy atom. The molecule has 0 saturated heterocycles. The van der Waals surface area contributed by atoms with Gasteiger partial charge < -0.3 is 14.5 Å². The van der Waals surface area contributed by atoms with Gasteiger partial charge in [0, 0.05) is 17.5 Å². The summed E-state index contributed by atoms with van der Waals surface area (Å²) in [6, 6.07) is 21.4. The summed E-state index contributed by atoms with van der Waals surface area (Å²) < 4.78 is 11.7. The Hall–Kier alpha value is -3.53. The minimum atomic E-state index is -0.208. The average molecular weight is 385 g/mol. The zero-order valence-corrected chi connectivity index (χ0v) is 16.8. The molecule has 4 nitrogen and oxygen atoms in total. The number of rotatable bonds is 5. The van der Waals surface area contributed by atoms with Crippen LogP contribution in [0.25, 0.3) is 11.0 Å². The molecule has 0 fully saturated rings. The molecule has 1 heterocycles. The summed E-state index contributed by atoms with van der Waals surface area (Å²) in [6.45, 7) is 6.39. The van der Waals surface area contributed by atoms with Gasteiger partial charge in [0.15, 0.2) is 5.76 Å². The number of para-hydroxylation sites is 1. The minimum absolute atomic E-state index is 0.208. The van der Waals surface area contributed by atoms with Crippen LogP contribution < -0.4 is 10.1 Å². The molecule has 3 aromatic carbocycles. The summed E-state index contributed by atoms with van der Waals surface area (Å²) in [5, 5.41) is 3.94. The van der Waals surface area contributed by atoms with E-state index in [1.807, 2.05) is 75.4 Å². The molecule has 1 aromatic heterocycles. The molecule has 0 bridgehead atoms. The topological polar surface area (TPSA) is 51.5 Å². The molecule has 0 atom stereocenters. The fraction of sp³-hybridized carbons (Fsp3) is 0.160. The molecule has 0 aliphatic heterocycles. The number of amides is 1. The van der Waals surface area contributed by atoms with Crippen LogP contribution in [0.15, 0.2) is 71.1 Å². The molecule has 0 spiro atoms. The number of aryl methyl sites for hydroxylation is 3. The maximum Gasteiger partial charge on any atom is 0.287 e. The number of carbonyl (C=O) groups excluding carboxylic acids is 1. The first-order chi connectivity index (χ1) is 14.0. The van der Waals surface area contributed by atoms with Crippen molar-refractivity contribution >= 4 is 16.9 Å². The van der Waals surface area contributed by atoms with Gasteiger partial charge >= 0.3 is 0 Å². The smallest absolute Gasteiger partial charge is 0.287 e. The highest BCUT2D eigenvalue weighted by Crippen LogP contribution is 2.29. The van der Waals surface area contributed by atoms with Crippen molar-refractivity contribution in [3.63, 3.8) is 0 Å². The number of nitrogens with one attached hydrogen (secondary N) is 1. The number of hydrogen-bond acceptors (Lipinski definition) is 3. The third-order valence-electron chi connectivity index (χ3n) is 4.93. The van der Waals surface area contributed by atoms with Crippen molar-refractivity contribution in [1.29, 1.82) is 0 Å². The number of carbonyl (C=O) groups is 1. The molecule has 4 heteroatoms. The van der Waals surface area contributed by atoms with Crippen molar-refractivity contribution in [2.45, 2.75) is 27.3 Å². The van der Waals surface area contributed by atoms with Crippen molar-refractivity contribution in [3.8, 4) is 11.5 Å². The van der Waals surface area contributed by atoms with Crippen LogP contribution >= 0.6 is 0 Å². The third kappa shape index (κ3) is 4.02. The van der Waals surface area contributed by atoms with Crippen LogP contribution in [0.5, 0.6) is 11.5 Å². The van der Waals surface area contributed by atoms with E-state index < -0.39 is 0 Å². The van der Waals surface area contributed by atoms with Gasteiger partial charge in [-0.3, -0.25) is 4.79 Å². The Balaban J connectivity index is 1.44. The van der Waals surface area contributed by atoms with Crippen molar-refractivity contribution in [2.24, 2.45) is 0 Å². The van der Waals surface area contributed by atoms with Gasteiger partial charge in [-0.25, -0.2) is 0 Å². The van der Waals surface area contributed by atoms with Gasteiger partial charge in [-0.15, -0.1) is 0 Å². The predicted molar refractivity (Wildman–Crippen MR) is 115 cm³/mol. The van der Waals surface area contributed by atoms with E-state index in [0.717, 1.165) is 44.7 Å². The average Bonchev–Trinajstić information content (AvgIpc) is 3.05. The molecule has 4 rings (SSSR count). The zero-order valence-electron chi connectivity index (χ0n) is 16.8. The molecule has 146 valence electrons. The van der Waals surface area contributed by atoms with Crippen LogP contribution in [-0.4, -0.2) is 5.91 Å². The summed E-state index contributed by atoms with van der Waals surface area (Å²) in [5.74, 6) is 1.71. The van der Waals surface area contributed by atoms with Crippen molar-refractivity contribution in [1.82, 2.24) is 5.32 Å². The summed E-state index contributed by atoms with van der Waals surface area (Å²) in [4.78, 5) is 12.7. The van der Waals surface area contributed by atoms with E-state index in [1.165, 1.54) is 0 Å². The van der Waals surface area contributed by atoms with Crippen molar-refractivity contribution < 1.29 is 13.9 Å². The molecule has 1 amide bonds.